The number of carbonyl (C=O) groups excluding carboxylic acids is 1. The summed E-state index contributed by atoms with van der Waals surface area (Å²) in [6.45, 7) is 17.2. The molecule has 0 bridgehead atoms. The molecule has 7 atom stereocenters. The van der Waals surface area contributed by atoms with E-state index in [0.717, 1.165) is 30.6 Å². The van der Waals surface area contributed by atoms with E-state index in [1.807, 2.05) is 6.08 Å². The lowest BCUT2D eigenvalue weighted by Crippen LogP contribution is -2.51. The molecule has 0 radical (unpaired) electrons. The first-order valence-corrected chi connectivity index (χ1v) is 15.7. The molecule has 5 aliphatic rings. The van der Waals surface area contributed by atoms with E-state index in [1.165, 1.54) is 50.5 Å². The second-order valence-electron chi connectivity index (χ2n) is 13.7. The number of hydrogen-bond acceptors (Lipinski definition) is 2. The molecule has 0 N–H and O–H groups in total. The molecule has 3 heteroatoms. The SMILES string of the molecule is CC(C)(C)[Si](C)(C)O[C@H]1C[C@@]12CC[C@H]1[C@@H]3CCC4=CC(=O)CC[C@]4(C)[C@H]3CC[C@@]12C. The molecule has 5 aliphatic carbocycles. The highest BCUT2D eigenvalue weighted by Crippen LogP contribution is 2.77. The van der Waals surface area contributed by atoms with Gasteiger partial charge in [-0.05, 0) is 104 Å². The van der Waals surface area contributed by atoms with Gasteiger partial charge in [-0.25, -0.2) is 0 Å². The fourth-order valence-electron chi connectivity index (χ4n) is 8.55. The van der Waals surface area contributed by atoms with Gasteiger partial charge >= 0.3 is 0 Å². The monoisotopic (exact) mass is 428 g/mol. The zero-order valence-corrected chi connectivity index (χ0v) is 21.6. The maximum absolute atomic E-state index is 12.1. The van der Waals surface area contributed by atoms with Crippen LogP contribution in [0.5, 0.6) is 0 Å². The summed E-state index contributed by atoms with van der Waals surface area (Å²) < 4.78 is 7.01. The highest BCUT2D eigenvalue weighted by molar-refractivity contribution is 6.74. The van der Waals surface area contributed by atoms with E-state index in [4.69, 9.17) is 4.43 Å². The molecule has 30 heavy (non-hydrogen) atoms. The summed E-state index contributed by atoms with van der Waals surface area (Å²) >= 11 is 0. The van der Waals surface area contributed by atoms with Crippen LogP contribution in [0.25, 0.3) is 0 Å². The summed E-state index contributed by atoms with van der Waals surface area (Å²) in [5.41, 5.74) is 2.75. The minimum absolute atomic E-state index is 0.298. The van der Waals surface area contributed by atoms with Gasteiger partial charge in [0, 0.05) is 11.8 Å². The van der Waals surface area contributed by atoms with Gasteiger partial charge in [-0.3, -0.25) is 4.79 Å². The van der Waals surface area contributed by atoms with Gasteiger partial charge in [0.15, 0.2) is 14.1 Å². The van der Waals surface area contributed by atoms with Crippen LogP contribution in [-0.2, 0) is 9.22 Å². The summed E-state index contributed by atoms with van der Waals surface area (Å²) in [5.74, 6) is 2.93. The zero-order valence-electron chi connectivity index (χ0n) is 20.6. The first-order valence-electron chi connectivity index (χ1n) is 12.8. The van der Waals surface area contributed by atoms with Gasteiger partial charge < -0.3 is 4.43 Å². The normalized spacial score (nSPS) is 48.1. The van der Waals surface area contributed by atoms with Crippen molar-refractivity contribution in [3.63, 3.8) is 0 Å². The molecule has 2 nitrogen and oxygen atoms in total. The lowest BCUT2D eigenvalue weighted by Gasteiger charge is -2.58. The van der Waals surface area contributed by atoms with Gasteiger partial charge in [-0.15, -0.1) is 0 Å². The molecule has 4 saturated carbocycles. The summed E-state index contributed by atoms with van der Waals surface area (Å²) in [5, 5.41) is 0.298. The van der Waals surface area contributed by atoms with Crippen LogP contribution in [0.2, 0.25) is 18.1 Å². The average Bonchev–Trinajstić information content (AvgIpc) is 3.24. The van der Waals surface area contributed by atoms with Crippen molar-refractivity contribution in [2.24, 2.45) is 34.0 Å². The molecule has 0 heterocycles. The Bertz CT molecular complexity index is 791. The van der Waals surface area contributed by atoms with E-state index in [9.17, 15) is 4.79 Å². The predicted molar refractivity (Wildman–Crippen MR) is 126 cm³/mol. The summed E-state index contributed by atoms with van der Waals surface area (Å²) in [6.07, 6.45) is 13.8. The third kappa shape index (κ3) is 2.73. The van der Waals surface area contributed by atoms with Crippen LogP contribution in [0.15, 0.2) is 11.6 Å². The second kappa shape index (κ2) is 6.34. The van der Waals surface area contributed by atoms with Crippen LogP contribution in [0.4, 0.5) is 0 Å². The van der Waals surface area contributed by atoms with Gasteiger partial charge in [0.2, 0.25) is 0 Å². The van der Waals surface area contributed by atoms with Crippen LogP contribution >= 0.6 is 0 Å². The minimum atomic E-state index is -1.70. The Balaban J connectivity index is 1.38. The first-order chi connectivity index (χ1) is 13.8. The Labute approximate surface area is 185 Å². The Hall–Kier alpha value is -0.413. The molecule has 0 saturated heterocycles. The third-order valence-electron chi connectivity index (χ3n) is 11.6. The highest BCUT2D eigenvalue weighted by atomic mass is 28.4. The molecule has 0 aliphatic heterocycles. The maximum atomic E-state index is 12.1. The molecular formula is C27H44O2Si. The topological polar surface area (TPSA) is 26.3 Å². The van der Waals surface area contributed by atoms with Gasteiger partial charge in [0.05, 0.1) is 6.10 Å². The summed E-state index contributed by atoms with van der Waals surface area (Å²) in [4.78, 5) is 12.1. The quantitative estimate of drug-likeness (QED) is 0.431. The number of ketones is 1. The maximum Gasteiger partial charge on any atom is 0.192 e. The number of allylic oxidation sites excluding steroid dienone is 1. The molecule has 0 aromatic carbocycles. The lowest BCUT2D eigenvalue weighted by atomic mass is 9.46. The Morgan fingerprint density at radius 2 is 1.70 bits per heavy atom. The highest BCUT2D eigenvalue weighted by Gasteiger charge is 2.73. The minimum Gasteiger partial charge on any atom is -0.413 e. The van der Waals surface area contributed by atoms with Gasteiger partial charge in [-0.2, -0.15) is 0 Å². The first kappa shape index (κ1) is 21.4. The van der Waals surface area contributed by atoms with Crippen LogP contribution in [0, 0.1) is 34.0 Å². The van der Waals surface area contributed by atoms with Gasteiger partial charge in [-0.1, -0.05) is 40.2 Å². The predicted octanol–water partition coefficient (Wildman–Crippen LogP) is 7.30. The summed E-state index contributed by atoms with van der Waals surface area (Å²) in [7, 11) is -1.70. The van der Waals surface area contributed by atoms with Crippen molar-refractivity contribution < 1.29 is 9.22 Å². The molecule has 0 aromatic heterocycles. The Morgan fingerprint density at radius 1 is 1.00 bits per heavy atom. The zero-order chi connectivity index (χ0) is 21.7. The Morgan fingerprint density at radius 3 is 2.40 bits per heavy atom. The van der Waals surface area contributed by atoms with E-state index in [1.54, 1.807) is 0 Å². The van der Waals surface area contributed by atoms with Gasteiger partial charge in [0.1, 0.15) is 0 Å². The lowest BCUT2D eigenvalue weighted by molar-refractivity contribution is -0.117. The number of fused-ring (bicyclic) bond motifs is 6. The van der Waals surface area contributed by atoms with Crippen LogP contribution in [0.3, 0.4) is 0 Å². The fraction of sp³-hybridized carbons (Fsp3) is 0.889. The molecule has 4 fully saturated rings. The smallest absolute Gasteiger partial charge is 0.192 e. The van der Waals surface area contributed by atoms with E-state index in [0.29, 0.717) is 33.2 Å². The molecule has 1 spiro atoms. The third-order valence-corrected chi connectivity index (χ3v) is 16.1. The van der Waals surface area contributed by atoms with Crippen molar-refractivity contribution in [3.8, 4) is 0 Å². The molecule has 0 aromatic rings. The Kier molecular flexibility index (Phi) is 4.53. The summed E-state index contributed by atoms with van der Waals surface area (Å²) in [6, 6.07) is 0. The van der Waals surface area contributed by atoms with Crippen molar-refractivity contribution >= 4 is 14.1 Å². The number of rotatable bonds is 2. The van der Waals surface area contributed by atoms with Crippen LogP contribution < -0.4 is 0 Å². The molecule has 5 rings (SSSR count). The van der Waals surface area contributed by atoms with Crippen molar-refractivity contribution in [1.29, 1.82) is 0 Å². The van der Waals surface area contributed by atoms with E-state index in [2.05, 4.69) is 47.7 Å². The molecular weight excluding hydrogens is 384 g/mol. The van der Waals surface area contributed by atoms with Crippen molar-refractivity contribution in [2.45, 2.75) is 117 Å². The largest absolute Gasteiger partial charge is 0.413 e. The van der Waals surface area contributed by atoms with Crippen molar-refractivity contribution in [3.05, 3.63) is 11.6 Å². The van der Waals surface area contributed by atoms with Crippen LogP contribution in [-0.4, -0.2) is 20.2 Å². The van der Waals surface area contributed by atoms with Crippen molar-refractivity contribution in [1.82, 2.24) is 0 Å². The number of carbonyl (C=O) groups is 1. The van der Waals surface area contributed by atoms with E-state index >= 15 is 0 Å². The fourth-order valence-corrected chi connectivity index (χ4v) is 9.93. The van der Waals surface area contributed by atoms with Crippen molar-refractivity contribution in [2.75, 3.05) is 0 Å². The second-order valence-corrected chi connectivity index (χ2v) is 18.4. The van der Waals surface area contributed by atoms with Gasteiger partial charge in [0.25, 0.3) is 0 Å². The van der Waals surface area contributed by atoms with E-state index < -0.39 is 8.32 Å². The van der Waals surface area contributed by atoms with Crippen LogP contribution in [0.1, 0.15) is 92.4 Å². The molecule has 0 unspecified atom stereocenters. The van der Waals surface area contributed by atoms with E-state index in [-0.39, 0.29) is 0 Å². The number of hydrogen-bond donors (Lipinski definition) is 0. The molecule has 0 amide bonds. The standard InChI is InChI=1S/C27H44O2Si/c1-24(2,3)30(6,7)29-23-17-27(23)15-12-22-20-9-8-18-16-19(28)10-13-25(18,4)21(20)11-14-26(22,27)5/h16,20-23H,8-15,17H2,1-7H3/t20-,21+,22+,23+,25+,26+,27+/m1/s1. The average molecular weight is 429 g/mol. The molecule has 168 valence electrons.